The molecule has 0 amide bonds. The summed E-state index contributed by atoms with van der Waals surface area (Å²) in [5.74, 6) is 0.789. The van der Waals surface area contributed by atoms with Crippen molar-refractivity contribution in [1.82, 2.24) is 10.2 Å². The van der Waals surface area contributed by atoms with Crippen molar-refractivity contribution in [2.75, 3.05) is 57.9 Å². The fourth-order valence-electron chi connectivity index (χ4n) is 2.48. The van der Waals surface area contributed by atoms with Crippen LogP contribution in [0, 0.1) is 0 Å². The molecule has 0 unspecified atom stereocenters. The molecule has 5 nitrogen and oxygen atoms in total. The first-order valence-corrected chi connectivity index (χ1v) is 8.76. The lowest BCUT2D eigenvalue weighted by atomic mass is 10.3. The molecular weight excluding hydrogens is 341 g/mol. The number of rotatable bonds is 6. The fourth-order valence-corrected chi connectivity index (χ4v) is 3.27. The number of ether oxygens (including phenoxy) is 1. The Morgan fingerprint density at radius 2 is 2.08 bits per heavy atom. The average molecular weight is 364 g/mol. The van der Waals surface area contributed by atoms with Crippen LogP contribution in [0.1, 0.15) is 6.42 Å². The van der Waals surface area contributed by atoms with Gasteiger partial charge >= 0.3 is 6.18 Å². The molecule has 1 aromatic heterocycles. The topological polar surface area (TPSA) is 40.1 Å². The summed E-state index contributed by atoms with van der Waals surface area (Å²) >= 11 is 1.74. The molecule has 1 saturated heterocycles. The van der Waals surface area contributed by atoms with Crippen LogP contribution in [0.5, 0.6) is 0 Å². The Hall–Kier alpha value is -1.48. The number of piperazine rings is 1. The molecule has 1 N–H and O–H groups in total. The van der Waals surface area contributed by atoms with E-state index < -0.39 is 12.8 Å². The van der Waals surface area contributed by atoms with Gasteiger partial charge in [0.25, 0.3) is 0 Å². The smallest absolute Gasteiger partial charge is 0.372 e. The van der Waals surface area contributed by atoms with E-state index in [2.05, 4.69) is 36.3 Å². The van der Waals surface area contributed by atoms with E-state index in [4.69, 9.17) is 0 Å². The second-order valence-corrected chi connectivity index (χ2v) is 6.35. The molecule has 1 aliphatic rings. The summed E-state index contributed by atoms with van der Waals surface area (Å²) in [6.45, 7) is 3.01. The van der Waals surface area contributed by atoms with Crippen LogP contribution in [0.4, 0.5) is 18.2 Å². The summed E-state index contributed by atoms with van der Waals surface area (Å²) in [5.41, 5.74) is 0. The predicted octanol–water partition coefficient (Wildman–Crippen LogP) is 2.41. The van der Waals surface area contributed by atoms with Crippen molar-refractivity contribution in [2.24, 2.45) is 4.99 Å². The van der Waals surface area contributed by atoms with Gasteiger partial charge in [-0.3, -0.25) is 4.99 Å². The summed E-state index contributed by atoms with van der Waals surface area (Å²) in [6.07, 6.45) is -3.75. The lowest BCUT2D eigenvalue weighted by Crippen LogP contribution is -2.52. The van der Waals surface area contributed by atoms with E-state index in [-0.39, 0.29) is 6.61 Å². The highest BCUT2D eigenvalue weighted by Crippen LogP contribution is 2.22. The zero-order chi connectivity index (χ0) is 17.4. The Morgan fingerprint density at radius 1 is 1.33 bits per heavy atom. The maximum absolute atomic E-state index is 12.0. The van der Waals surface area contributed by atoms with Gasteiger partial charge in [-0.15, -0.1) is 11.3 Å². The van der Waals surface area contributed by atoms with Crippen molar-refractivity contribution in [3.8, 4) is 0 Å². The van der Waals surface area contributed by atoms with E-state index in [9.17, 15) is 13.2 Å². The summed E-state index contributed by atoms with van der Waals surface area (Å²) in [6, 6.07) is 4.17. The third-order valence-electron chi connectivity index (χ3n) is 3.62. The quantitative estimate of drug-likeness (QED) is 0.478. The number of alkyl halides is 3. The number of anilines is 1. The minimum Gasteiger partial charge on any atom is -0.372 e. The molecule has 136 valence electrons. The van der Waals surface area contributed by atoms with Gasteiger partial charge in [0.2, 0.25) is 0 Å². The lowest BCUT2D eigenvalue weighted by Gasteiger charge is -2.37. The van der Waals surface area contributed by atoms with Crippen molar-refractivity contribution in [1.29, 1.82) is 0 Å². The number of thiophene rings is 1. The average Bonchev–Trinajstić information content (AvgIpc) is 3.08. The van der Waals surface area contributed by atoms with Crippen molar-refractivity contribution < 1.29 is 17.9 Å². The number of aliphatic imine (C=N–C) groups is 1. The van der Waals surface area contributed by atoms with Crippen LogP contribution in [0.15, 0.2) is 22.5 Å². The summed E-state index contributed by atoms with van der Waals surface area (Å²) in [7, 11) is 1.72. The van der Waals surface area contributed by atoms with E-state index in [1.165, 1.54) is 5.00 Å². The molecule has 0 aromatic carbocycles. The minimum absolute atomic E-state index is 0.0790. The Labute approximate surface area is 144 Å². The largest absolute Gasteiger partial charge is 0.411 e. The number of nitrogens with zero attached hydrogens (tertiary/aromatic N) is 3. The van der Waals surface area contributed by atoms with Gasteiger partial charge in [-0.1, -0.05) is 0 Å². The molecule has 0 spiro atoms. The Balaban J connectivity index is 1.64. The van der Waals surface area contributed by atoms with E-state index in [1.807, 2.05) is 6.07 Å². The molecule has 0 bridgehead atoms. The Morgan fingerprint density at radius 3 is 2.67 bits per heavy atom. The zero-order valence-electron chi connectivity index (χ0n) is 13.7. The third-order valence-corrected chi connectivity index (χ3v) is 4.55. The highest BCUT2D eigenvalue weighted by atomic mass is 32.1. The van der Waals surface area contributed by atoms with Crippen LogP contribution in [-0.2, 0) is 4.74 Å². The molecule has 1 fully saturated rings. The number of nitrogens with one attached hydrogen (secondary N) is 1. The van der Waals surface area contributed by atoms with Gasteiger partial charge in [0.1, 0.15) is 6.61 Å². The third kappa shape index (κ3) is 6.20. The van der Waals surface area contributed by atoms with Crippen LogP contribution in [0.3, 0.4) is 0 Å². The van der Waals surface area contributed by atoms with Crippen LogP contribution >= 0.6 is 11.3 Å². The Kier molecular flexibility index (Phi) is 7.16. The monoisotopic (exact) mass is 364 g/mol. The summed E-state index contributed by atoms with van der Waals surface area (Å²) in [5, 5.41) is 6.53. The molecule has 0 saturated carbocycles. The van der Waals surface area contributed by atoms with Gasteiger partial charge in [-0.05, 0) is 23.9 Å². The summed E-state index contributed by atoms with van der Waals surface area (Å²) < 4.78 is 40.5. The predicted molar refractivity (Wildman–Crippen MR) is 91.0 cm³/mol. The fraction of sp³-hybridized carbons (Fsp3) is 0.667. The molecule has 0 aliphatic carbocycles. The maximum atomic E-state index is 12.0. The van der Waals surface area contributed by atoms with Crippen LogP contribution < -0.4 is 10.2 Å². The van der Waals surface area contributed by atoms with Crippen molar-refractivity contribution >= 4 is 22.3 Å². The van der Waals surface area contributed by atoms with Gasteiger partial charge in [-0.25, -0.2) is 0 Å². The highest BCUT2D eigenvalue weighted by Gasteiger charge is 2.27. The molecule has 1 aromatic rings. The second kappa shape index (κ2) is 9.12. The molecule has 0 radical (unpaired) electrons. The van der Waals surface area contributed by atoms with E-state index in [0.717, 1.165) is 32.1 Å². The van der Waals surface area contributed by atoms with Gasteiger partial charge in [0.15, 0.2) is 5.96 Å². The highest BCUT2D eigenvalue weighted by molar-refractivity contribution is 7.14. The minimum atomic E-state index is -4.26. The number of hydrogen-bond donors (Lipinski definition) is 1. The standard InChI is InChI=1S/C15H23F3N4OS/c1-19-14(20-5-3-10-23-12-15(16,17)18)22-8-6-21(7-9-22)13-4-2-11-24-13/h2,4,11H,3,5-10,12H2,1H3,(H,19,20). The molecule has 1 aliphatic heterocycles. The van der Waals surface area contributed by atoms with E-state index in [0.29, 0.717) is 13.0 Å². The maximum Gasteiger partial charge on any atom is 0.411 e. The van der Waals surface area contributed by atoms with E-state index >= 15 is 0 Å². The Bertz CT molecular complexity index is 499. The van der Waals surface area contributed by atoms with Crippen molar-refractivity contribution in [3.63, 3.8) is 0 Å². The molecule has 2 rings (SSSR count). The van der Waals surface area contributed by atoms with Gasteiger partial charge < -0.3 is 19.9 Å². The van der Waals surface area contributed by atoms with Gasteiger partial charge in [0.05, 0.1) is 5.00 Å². The second-order valence-electron chi connectivity index (χ2n) is 5.42. The van der Waals surface area contributed by atoms with E-state index in [1.54, 1.807) is 18.4 Å². The normalized spacial score (nSPS) is 16.6. The lowest BCUT2D eigenvalue weighted by molar-refractivity contribution is -0.173. The first-order chi connectivity index (χ1) is 11.5. The molecule has 9 heteroatoms. The molecular formula is C15H23F3N4OS. The van der Waals surface area contributed by atoms with Crippen LogP contribution in [0.25, 0.3) is 0 Å². The first kappa shape index (κ1) is 18.9. The van der Waals surface area contributed by atoms with Crippen LogP contribution in [-0.4, -0.2) is 70.0 Å². The van der Waals surface area contributed by atoms with Crippen molar-refractivity contribution in [2.45, 2.75) is 12.6 Å². The molecule has 2 heterocycles. The number of halogens is 3. The van der Waals surface area contributed by atoms with Gasteiger partial charge in [-0.2, -0.15) is 13.2 Å². The zero-order valence-corrected chi connectivity index (χ0v) is 14.5. The first-order valence-electron chi connectivity index (χ1n) is 7.88. The number of guanidine groups is 1. The van der Waals surface area contributed by atoms with Gasteiger partial charge in [0, 0.05) is 46.4 Å². The van der Waals surface area contributed by atoms with Crippen LogP contribution in [0.2, 0.25) is 0 Å². The molecule has 0 atom stereocenters. The van der Waals surface area contributed by atoms with Crippen molar-refractivity contribution in [3.05, 3.63) is 17.5 Å². The SMILES string of the molecule is CN=C(NCCCOCC(F)(F)F)N1CCN(c2cccs2)CC1. The number of hydrogen-bond acceptors (Lipinski definition) is 4. The summed E-state index contributed by atoms with van der Waals surface area (Å²) in [4.78, 5) is 8.77. The molecule has 24 heavy (non-hydrogen) atoms.